The molecule has 1 heterocycles. The number of nitrogens with one attached hydrogen (secondary N) is 1. The van der Waals surface area contributed by atoms with Crippen molar-refractivity contribution in [3.8, 4) is 0 Å². The molecule has 0 aliphatic carbocycles. The molecule has 124 valence electrons. The Kier molecular flexibility index (Phi) is 5.94. The Morgan fingerprint density at radius 1 is 1.32 bits per heavy atom. The minimum absolute atomic E-state index is 0.123. The number of nitrogens with zero attached hydrogens (tertiary/aromatic N) is 1. The van der Waals surface area contributed by atoms with Crippen LogP contribution in [-0.4, -0.2) is 39.5 Å². The van der Waals surface area contributed by atoms with Crippen LogP contribution in [0.5, 0.6) is 0 Å². The monoisotopic (exact) mass is 328 g/mol. The average molecular weight is 328 g/mol. The Balaban J connectivity index is 1.79. The van der Waals surface area contributed by atoms with E-state index in [1.54, 1.807) is 6.92 Å². The lowest BCUT2D eigenvalue weighted by molar-refractivity contribution is 0.191. The first-order valence-electron chi connectivity index (χ1n) is 7.86. The van der Waals surface area contributed by atoms with Crippen LogP contribution in [-0.2, 0) is 10.0 Å². The Morgan fingerprint density at radius 2 is 2.00 bits per heavy atom. The van der Waals surface area contributed by atoms with Gasteiger partial charge in [0.2, 0.25) is 10.0 Å². The molecule has 0 amide bonds. The van der Waals surface area contributed by atoms with Gasteiger partial charge in [-0.05, 0) is 75.5 Å². The second-order valence-electron chi connectivity index (χ2n) is 6.19. The van der Waals surface area contributed by atoms with Gasteiger partial charge in [0, 0.05) is 6.54 Å². The van der Waals surface area contributed by atoms with Crippen molar-refractivity contribution >= 4 is 10.0 Å². The molecule has 2 rings (SSSR count). The van der Waals surface area contributed by atoms with E-state index in [0.29, 0.717) is 12.1 Å². The summed E-state index contributed by atoms with van der Waals surface area (Å²) in [5, 5.41) is 0. The molecule has 0 radical (unpaired) electrons. The van der Waals surface area contributed by atoms with Crippen LogP contribution in [0.2, 0.25) is 0 Å². The zero-order chi connectivity index (χ0) is 16.2. The third-order valence-corrected chi connectivity index (χ3v) is 5.72. The molecule has 4 nitrogen and oxygen atoms in total. The van der Waals surface area contributed by atoms with Crippen LogP contribution < -0.4 is 4.72 Å². The molecule has 0 aromatic heterocycles. The molecule has 0 saturated carbocycles. The molecule has 1 saturated heterocycles. The van der Waals surface area contributed by atoms with E-state index < -0.39 is 15.8 Å². The number of sulfonamides is 1. The van der Waals surface area contributed by atoms with Crippen molar-refractivity contribution < 1.29 is 12.8 Å². The quantitative estimate of drug-likeness (QED) is 0.817. The van der Waals surface area contributed by atoms with Crippen molar-refractivity contribution in [3.05, 3.63) is 29.6 Å². The van der Waals surface area contributed by atoms with E-state index in [2.05, 4.69) is 16.5 Å². The molecule has 0 spiro atoms. The number of hydrogen-bond acceptors (Lipinski definition) is 3. The van der Waals surface area contributed by atoms with Gasteiger partial charge in [-0.1, -0.05) is 6.92 Å². The third kappa shape index (κ3) is 4.76. The zero-order valence-corrected chi connectivity index (χ0v) is 14.1. The van der Waals surface area contributed by atoms with Crippen LogP contribution >= 0.6 is 0 Å². The van der Waals surface area contributed by atoms with Crippen LogP contribution in [0.25, 0.3) is 0 Å². The Bertz CT molecular complexity index is 596. The van der Waals surface area contributed by atoms with E-state index in [4.69, 9.17) is 0 Å². The number of rotatable bonds is 6. The highest BCUT2D eigenvalue weighted by molar-refractivity contribution is 7.89. The minimum atomic E-state index is -3.55. The second-order valence-corrected chi connectivity index (χ2v) is 7.95. The lowest BCUT2D eigenvalue weighted by Gasteiger charge is -2.30. The molecule has 1 aromatic rings. The first kappa shape index (κ1) is 17.4. The molecule has 6 heteroatoms. The number of piperidine rings is 1. The van der Waals surface area contributed by atoms with Crippen LogP contribution in [0.3, 0.4) is 0 Å². The summed E-state index contributed by atoms with van der Waals surface area (Å²) < 4.78 is 40.1. The highest BCUT2D eigenvalue weighted by Crippen LogP contribution is 2.16. The summed E-state index contributed by atoms with van der Waals surface area (Å²) in [5.41, 5.74) is 0.338. The van der Waals surface area contributed by atoms with Crippen molar-refractivity contribution in [2.24, 2.45) is 5.92 Å². The highest BCUT2D eigenvalue weighted by Gasteiger charge is 2.17. The van der Waals surface area contributed by atoms with Crippen molar-refractivity contribution in [2.45, 2.75) is 38.0 Å². The van der Waals surface area contributed by atoms with Crippen LogP contribution in [0, 0.1) is 18.7 Å². The van der Waals surface area contributed by atoms with Crippen molar-refractivity contribution in [3.63, 3.8) is 0 Å². The van der Waals surface area contributed by atoms with Gasteiger partial charge in [0.1, 0.15) is 5.82 Å². The Morgan fingerprint density at radius 3 is 2.64 bits per heavy atom. The number of aryl methyl sites for hydroxylation is 1. The molecule has 22 heavy (non-hydrogen) atoms. The molecule has 0 atom stereocenters. The smallest absolute Gasteiger partial charge is 0.240 e. The molecular weight excluding hydrogens is 303 g/mol. The third-order valence-electron chi connectivity index (χ3n) is 4.26. The topological polar surface area (TPSA) is 49.4 Å². The molecule has 1 fully saturated rings. The molecule has 0 unspecified atom stereocenters. The largest absolute Gasteiger partial charge is 0.303 e. The molecular formula is C16H25FN2O2S. The summed E-state index contributed by atoms with van der Waals surface area (Å²) in [6.07, 6.45) is 3.23. The molecule has 1 aliphatic heterocycles. The van der Waals surface area contributed by atoms with Gasteiger partial charge in [0.25, 0.3) is 0 Å². The number of benzene rings is 1. The number of hydrogen-bond donors (Lipinski definition) is 1. The van der Waals surface area contributed by atoms with E-state index in [0.717, 1.165) is 32.0 Å². The fourth-order valence-electron chi connectivity index (χ4n) is 2.66. The fraction of sp³-hybridized carbons (Fsp3) is 0.625. The van der Waals surface area contributed by atoms with Gasteiger partial charge in [-0.25, -0.2) is 17.5 Å². The normalized spacial score (nSPS) is 17.8. The maximum absolute atomic E-state index is 13.2. The summed E-state index contributed by atoms with van der Waals surface area (Å²) in [4.78, 5) is 2.51. The van der Waals surface area contributed by atoms with Gasteiger partial charge < -0.3 is 4.90 Å². The van der Waals surface area contributed by atoms with Gasteiger partial charge in [0.15, 0.2) is 0 Å². The maximum atomic E-state index is 13.2. The Labute approximate surface area is 132 Å². The van der Waals surface area contributed by atoms with E-state index in [1.807, 2.05) is 0 Å². The molecule has 0 bridgehead atoms. The maximum Gasteiger partial charge on any atom is 0.240 e. The minimum Gasteiger partial charge on any atom is -0.303 e. The predicted molar refractivity (Wildman–Crippen MR) is 85.8 cm³/mol. The second kappa shape index (κ2) is 7.53. The fourth-order valence-corrected chi connectivity index (χ4v) is 3.82. The summed E-state index contributed by atoms with van der Waals surface area (Å²) in [6.45, 7) is 7.36. The van der Waals surface area contributed by atoms with Crippen molar-refractivity contribution in [1.29, 1.82) is 0 Å². The average Bonchev–Trinajstić information content (AvgIpc) is 2.48. The van der Waals surface area contributed by atoms with Gasteiger partial charge in [-0.2, -0.15) is 0 Å². The van der Waals surface area contributed by atoms with E-state index in [-0.39, 0.29) is 4.90 Å². The summed E-state index contributed by atoms with van der Waals surface area (Å²) >= 11 is 0. The standard InChI is InChI=1S/C16H25FN2O2S/c1-13-6-10-19(11-7-13)9-3-8-18-22(20,21)15-4-5-16(17)14(2)12-15/h4-5,12-13,18H,3,6-11H2,1-2H3. The lowest BCUT2D eigenvalue weighted by atomic mass is 9.99. The first-order valence-corrected chi connectivity index (χ1v) is 9.35. The van der Waals surface area contributed by atoms with E-state index >= 15 is 0 Å². The lowest BCUT2D eigenvalue weighted by Crippen LogP contribution is -2.35. The van der Waals surface area contributed by atoms with Crippen molar-refractivity contribution in [1.82, 2.24) is 9.62 Å². The Hall–Kier alpha value is -0.980. The number of likely N-dealkylation sites (tertiary alicyclic amines) is 1. The van der Waals surface area contributed by atoms with Gasteiger partial charge >= 0.3 is 0 Å². The summed E-state index contributed by atoms with van der Waals surface area (Å²) in [7, 11) is -3.55. The first-order chi connectivity index (χ1) is 10.4. The SMILES string of the molecule is Cc1cc(S(=O)(=O)NCCCN2CCC(C)CC2)ccc1F. The number of halogens is 1. The predicted octanol–water partition coefficient (Wildman–Crippen LogP) is 2.53. The van der Waals surface area contributed by atoms with Gasteiger partial charge in [0.05, 0.1) is 4.90 Å². The van der Waals surface area contributed by atoms with Gasteiger partial charge in [-0.15, -0.1) is 0 Å². The van der Waals surface area contributed by atoms with E-state index in [9.17, 15) is 12.8 Å². The van der Waals surface area contributed by atoms with Crippen LogP contribution in [0.1, 0.15) is 31.7 Å². The summed E-state index contributed by atoms with van der Waals surface area (Å²) in [5.74, 6) is 0.412. The summed E-state index contributed by atoms with van der Waals surface area (Å²) in [6, 6.07) is 3.86. The zero-order valence-electron chi connectivity index (χ0n) is 13.3. The van der Waals surface area contributed by atoms with E-state index in [1.165, 1.54) is 31.0 Å². The molecule has 1 aromatic carbocycles. The molecule has 1 N–H and O–H groups in total. The van der Waals surface area contributed by atoms with Crippen LogP contribution in [0.15, 0.2) is 23.1 Å². The molecule has 1 aliphatic rings. The van der Waals surface area contributed by atoms with Crippen LogP contribution in [0.4, 0.5) is 4.39 Å². The highest BCUT2D eigenvalue weighted by atomic mass is 32.2. The van der Waals surface area contributed by atoms with Gasteiger partial charge in [-0.3, -0.25) is 0 Å². The van der Waals surface area contributed by atoms with Crippen molar-refractivity contribution in [2.75, 3.05) is 26.2 Å².